The van der Waals surface area contributed by atoms with Crippen molar-refractivity contribution in [2.45, 2.75) is 6.61 Å². The number of rotatable bonds is 3. The van der Waals surface area contributed by atoms with Crippen LogP contribution in [-0.4, -0.2) is 15.0 Å². The quantitative estimate of drug-likeness (QED) is 0.749. The van der Waals surface area contributed by atoms with Crippen LogP contribution in [0.25, 0.3) is 11.4 Å². The predicted molar refractivity (Wildman–Crippen MR) is 54.2 cm³/mol. The lowest BCUT2D eigenvalue weighted by Crippen LogP contribution is -2.01. The second kappa shape index (κ2) is 4.59. The van der Waals surface area contributed by atoms with Crippen molar-refractivity contribution in [2.75, 3.05) is 0 Å². The van der Waals surface area contributed by atoms with E-state index in [9.17, 15) is 0 Å². The number of hydrogen-bond acceptors (Lipinski definition) is 5. The minimum Gasteiger partial charge on any atom is -0.298 e. The molecule has 0 spiro atoms. The summed E-state index contributed by atoms with van der Waals surface area (Å²) in [6.07, 6.45) is 4.91. The average molecular weight is 202 g/mol. The molecule has 0 amide bonds. The zero-order chi connectivity index (χ0) is 10.5. The van der Waals surface area contributed by atoms with Gasteiger partial charge in [0, 0.05) is 12.4 Å². The zero-order valence-electron chi connectivity index (χ0n) is 8.00. The van der Waals surface area contributed by atoms with Gasteiger partial charge < -0.3 is 0 Å². The summed E-state index contributed by atoms with van der Waals surface area (Å²) in [4.78, 5) is 17.0. The van der Waals surface area contributed by atoms with E-state index in [-0.39, 0.29) is 6.61 Å². The Balaban J connectivity index is 2.33. The van der Waals surface area contributed by atoms with Crippen LogP contribution in [0.5, 0.6) is 0 Å². The maximum absolute atomic E-state index is 4.98. The van der Waals surface area contributed by atoms with Gasteiger partial charge in [0.1, 0.15) is 12.3 Å². The molecule has 2 aromatic rings. The van der Waals surface area contributed by atoms with Crippen molar-refractivity contribution < 1.29 is 4.84 Å². The largest absolute Gasteiger partial charge is 0.298 e. The van der Waals surface area contributed by atoms with E-state index in [2.05, 4.69) is 19.8 Å². The normalized spacial score (nSPS) is 10.2. The Morgan fingerprint density at radius 3 is 2.87 bits per heavy atom. The SMILES string of the molecule is NOCc1cccc(-c2cnccn2)n1. The smallest absolute Gasteiger partial charge is 0.110 e. The number of nitrogens with two attached hydrogens (primary N) is 1. The molecule has 5 heteroatoms. The molecule has 76 valence electrons. The summed E-state index contributed by atoms with van der Waals surface area (Å²) in [6, 6.07) is 5.59. The summed E-state index contributed by atoms with van der Waals surface area (Å²) in [5.74, 6) is 4.98. The molecule has 0 aliphatic rings. The van der Waals surface area contributed by atoms with Crippen LogP contribution in [0.15, 0.2) is 36.8 Å². The first kappa shape index (κ1) is 9.70. The third-order valence-electron chi connectivity index (χ3n) is 1.86. The van der Waals surface area contributed by atoms with Gasteiger partial charge in [-0.3, -0.25) is 14.8 Å². The molecule has 2 aromatic heterocycles. The Kier molecular flexibility index (Phi) is 2.96. The molecule has 0 fully saturated rings. The van der Waals surface area contributed by atoms with Gasteiger partial charge >= 0.3 is 0 Å². The summed E-state index contributed by atoms with van der Waals surface area (Å²) in [5.41, 5.74) is 2.26. The number of pyridine rings is 1. The Bertz CT molecular complexity index is 432. The van der Waals surface area contributed by atoms with Crippen molar-refractivity contribution in [3.63, 3.8) is 0 Å². The molecule has 0 saturated carbocycles. The molecule has 0 saturated heterocycles. The van der Waals surface area contributed by atoms with Crippen LogP contribution < -0.4 is 5.90 Å². The van der Waals surface area contributed by atoms with Crippen molar-refractivity contribution in [2.24, 2.45) is 5.90 Å². The molecule has 2 N–H and O–H groups in total. The van der Waals surface area contributed by atoms with E-state index in [1.807, 2.05) is 18.2 Å². The van der Waals surface area contributed by atoms with Crippen molar-refractivity contribution in [3.8, 4) is 11.4 Å². The van der Waals surface area contributed by atoms with Gasteiger partial charge in [-0.2, -0.15) is 0 Å². The molecule has 0 unspecified atom stereocenters. The van der Waals surface area contributed by atoms with Gasteiger partial charge in [0.25, 0.3) is 0 Å². The molecule has 2 rings (SSSR count). The van der Waals surface area contributed by atoms with Gasteiger partial charge in [0.2, 0.25) is 0 Å². The molecule has 0 aliphatic carbocycles. The molecule has 2 heterocycles. The zero-order valence-corrected chi connectivity index (χ0v) is 8.00. The molecule has 0 bridgehead atoms. The Morgan fingerprint density at radius 2 is 2.13 bits per heavy atom. The van der Waals surface area contributed by atoms with Crippen LogP contribution in [0, 0.1) is 0 Å². The summed E-state index contributed by atoms with van der Waals surface area (Å²) >= 11 is 0. The van der Waals surface area contributed by atoms with Crippen LogP contribution in [0.1, 0.15) is 5.69 Å². The number of aromatic nitrogens is 3. The maximum Gasteiger partial charge on any atom is 0.110 e. The van der Waals surface area contributed by atoms with Crippen LogP contribution >= 0.6 is 0 Å². The van der Waals surface area contributed by atoms with Crippen LogP contribution in [-0.2, 0) is 11.4 Å². The fourth-order valence-corrected chi connectivity index (χ4v) is 1.22. The Labute approximate surface area is 86.9 Å². The van der Waals surface area contributed by atoms with Crippen molar-refractivity contribution in [1.29, 1.82) is 0 Å². The van der Waals surface area contributed by atoms with Crippen molar-refractivity contribution in [3.05, 3.63) is 42.5 Å². The van der Waals surface area contributed by atoms with Gasteiger partial charge in [-0.05, 0) is 12.1 Å². The highest BCUT2D eigenvalue weighted by Crippen LogP contribution is 2.12. The highest BCUT2D eigenvalue weighted by atomic mass is 16.6. The van der Waals surface area contributed by atoms with E-state index < -0.39 is 0 Å². The third kappa shape index (κ3) is 2.34. The predicted octanol–water partition coefficient (Wildman–Crippen LogP) is 0.929. The second-order valence-electron chi connectivity index (χ2n) is 2.92. The van der Waals surface area contributed by atoms with Gasteiger partial charge in [-0.25, -0.2) is 10.9 Å². The van der Waals surface area contributed by atoms with Crippen LogP contribution in [0.4, 0.5) is 0 Å². The summed E-state index contributed by atoms with van der Waals surface area (Å²) < 4.78 is 0. The minimum absolute atomic E-state index is 0.286. The molecule has 0 aromatic carbocycles. The van der Waals surface area contributed by atoms with Gasteiger partial charge in [0.15, 0.2) is 0 Å². The number of nitrogens with zero attached hydrogens (tertiary/aromatic N) is 3. The van der Waals surface area contributed by atoms with E-state index in [0.29, 0.717) is 0 Å². The first-order valence-electron chi connectivity index (χ1n) is 4.44. The van der Waals surface area contributed by atoms with Crippen LogP contribution in [0.2, 0.25) is 0 Å². The van der Waals surface area contributed by atoms with E-state index in [1.165, 1.54) is 0 Å². The average Bonchev–Trinajstić information content (AvgIpc) is 2.31. The second-order valence-corrected chi connectivity index (χ2v) is 2.92. The van der Waals surface area contributed by atoms with Gasteiger partial charge in [-0.15, -0.1) is 0 Å². The number of hydrogen-bond donors (Lipinski definition) is 1. The van der Waals surface area contributed by atoms with E-state index in [0.717, 1.165) is 17.1 Å². The standard InChI is InChI=1S/C10H10N4O/c11-15-7-8-2-1-3-9(14-8)10-6-12-4-5-13-10/h1-6H,7,11H2. The maximum atomic E-state index is 4.98. The monoisotopic (exact) mass is 202 g/mol. The summed E-state index contributed by atoms with van der Waals surface area (Å²) in [6.45, 7) is 0.286. The highest BCUT2D eigenvalue weighted by Gasteiger charge is 2.01. The highest BCUT2D eigenvalue weighted by molar-refractivity contribution is 5.52. The molecular weight excluding hydrogens is 192 g/mol. The Hall–Kier alpha value is -1.85. The van der Waals surface area contributed by atoms with E-state index in [4.69, 9.17) is 5.90 Å². The van der Waals surface area contributed by atoms with Crippen molar-refractivity contribution >= 4 is 0 Å². The minimum atomic E-state index is 0.286. The molecule has 5 nitrogen and oxygen atoms in total. The van der Waals surface area contributed by atoms with E-state index in [1.54, 1.807) is 18.6 Å². The van der Waals surface area contributed by atoms with E-state index >= 15 is 0 Å². The van der Waals surface area contributed by atoms with Gasteiger partial charge in [-0.1, -0.05) is 6.07 Å². The van der Waals surface area contributed by atoms with Crippen molar-refractivity contribution in [1.82, 2.24) is 15.0 Å². The first-order chi connectivity index (χ1) is 7.40. The lowest BCUT2D eigenvalue weighted by Gasteiger charge is -2.01. The van der Waals surface area contributed by atoms with Gasteiger partial charge in [0.05, 0.1) is 17.6 Å². The fourth-order valence-electron chi connectivity index (χ4n) is 1.22. The lowest BCUT2D eigenvalue weighted by molar-refractivity contribution is 0.121. The summed E-state index contributed by atoms with van der Waals surface area (Å²) in [7, 11) is 0. The summed E-state index contributed by atoms with van der Waals surface area (Å²) in [5, 5.41) is 0. The fraction of sp³-hybridized carbons (Fsp3) is 0.100. The molecule has 0 radical (unpaired) electrons. The molecule has 15 heavy (non-hydrogen) atoms. The molecular formula is C10H10N4O. The van der Waals surface area contributed by atoms with Crippen LogP contribution in [0.3, 0.4) is 0 Å². The first-order valence-corrected chi connectivity index (χ1v) is 4.44. The molecule has 0 atom stereocenters. The molecule has 0 aliphatic heterocycles. The Morgan fingerprint density at radius 1 is 1.20 bits per heavy atom. The topological polar surface area (TPSA) is 73.9 Å². The third-order valence-corrected chi connectivity index (χ3v) is 1.86. The lowest BCUT2D eigenvalue weighted by atomic mass is 10.2.